The molecule has 0 spiro atoms. The highest BCUT2D eigenvalue weighted by Crippen LogP contribution is 2.37. The van der Waals surface area contributed by atoms with Gasteiger partial charge in [-0.15, -0.1) is 0 Å². The van der Waals surface area contributed by atoms with Gasteiger partial charge in [-0.05, 0) is 29.7 Å². The largest absolute Gasteiger partial charge is 0.494 e. The van der Waals surface area contributed by atoms with Gasteiger partial charge in [0.2, 0.25) is 0 Å². The lowest BCUT2D eigenvalue weighted by atomic mass is 9.77. The first-order chi connectivity index (χ1) is 10.1. The monoisotopic (exact) mass is 284 g/mol. The van der Waals surface area contributed by atoms with Gasteiger partial charge in [-0.1, -0.05) is 63.2 Å². The predicted molar refractivity (Wildman–Crippen MR) is 86.7 cm³/mol. The molecule has 0 aliphatic carbocycles. The minimum Gasteiger partial charge on any atom is -0.494 e. The van der Waals surface area contributed by atoms with Gasteiger partial charge in [0, 0.05) is 5.41 Å². The minimum absolute atomic E-state index is 0.340. The zero-order valence-corrected chi connectivity index (χ0v) is 13.0. The summed E-state index contributed by atoms with van der Waals surface area (Å²) in [6.45, 7) is 6.93. The molecule has 1 N–H and O–H groups in total. The topological polar surface area (TPSA) is 29.5 Å². The second-order valence-corrected chi connectivity index (χ2v) is 5.91. The van der Waals surface area contributed by atoms with E-state index in [0.717, 1.165) is 29.9 Å². The Kier molecular flexibility index (Phi) is 5.03. The van der Waals surface area contributed by atoms with E-state index in [1.54, 1.807) is 0 Å². The van der Waals surface area contributed by atoms with Crippen LogP contribution in [0.3, 0.4) is 0 Å². The van der Waals surface area contributed by atoms with Gasteiger partial charge in [-0.2, -0.15) is 0 Å². The third kappa shape index (κ3) is 3.64. The van der Waals surface area contributed by atoms with Crippen LogP contribution in [0, 0.1) is 0 Å². The van der Waals surface area contributed by atoms with E-state index in [9.17, 15) is 5.11 Å². The van der Waals surface area contributed by atoms with Crippen LogP contribution in [0.4, 0.5) is 0 Å². The molecule has 0 amide bonds. The maximum absolute atomic E-state index is 10.7. The van der Waals surface area contributed by atoms with E-state index in [0.29, 0.717) is 0 Å². The second-order valence-electron chi connectivity index (χ2n) is 5.91. The Hall–Kier alpha value is -1.80. The molecule has 1 atom stereocenters. The second kappa shape index (κ2) is 6.77. The summed E-state index contributed by atoms with van der Waals surface area (Å²) < 4.78 is 5.58. The fraction of sp³-hybridized carbons (Fsp3) is 0.368. The van der Waals surface area contributed by atoms with Crippen LogP contribution in [0.5, 0.6) is 5.75 Å². The molecule has 2 aromatic rings. The Morgan fingerprint density at radius 3 is 2.19 bits per heavy atom. The summed E-state index contributed by atoms with van der Waals surface area (Å²) in [6, 6.07) is 17.9. The molecule has 2 aromatic carbocycles. The van der Waals surface area contributed by atoms with Crippen LogP contribution >= 0.6 is 0 Å². The number of ether oxygens (including phenoxy) is 1. The number of aliphatic hydroxyl groups excluding tert-OH is 1. The molecular weight excluding hydrogens is 260 g/mol. The molecule has 0 saturated carbocycles. The van der Waals surface area contributed by atoms with Crippen molar-refractivity contribution < 1.29 is 9.84 Å². The third-order valence-electron chi connectivity index (χ3n) is 3.87. The molecule has 1 unspecified atom stereocenters. The van der Waals surface area contributed by atoms with Crippen LogP contribution in [-0.2, 0) is 5.41 Å². The highest BCUT2D eigenvalue weighted by molar-refractivity contribution is 5.33. The Morgan fingerprint density at radius 1 is 1.00 bits per heavy atom. The standard InChI is InChI=1S/C19H24O2/c1-4-14-21-17-12-10-15(11-13-17)18(20)19(2,3)16-8-6-5-7-9-16/h5-13,18,20H,4,14H2,1-3H3. The van der Waals surface area contributed by atoms with Crippen molar-refractivity contribution in [1.29, 1.82) is 0 Å². The fourth-order valence-corrected chi connectivity index (χ4v) is 2.41. The first-order valence-corrected chi connectivity index (χ1v) is 7.52. The summed E-state index contributed by atoms with van der Waals surface area (Å²) in [4.78, 5) is 0. The minimum atomic E-state index is -0.555. The smallest absolute Gasteiger partial charge is 0.119 e. The molecule has 2 heteroatoms. The van der Waals surface area contributed by atoms with E-state index in [4.69, 9.17) is 4.74 Å². The average Bonchev–Trinajstić information content (AvgIpc) is 2.53. The summed E-state index contributed by atoms with van der Waals surface area (Å²) in [5.74, 6) is 0.852. The Bertz CT molecular complexity index is 544. The highest BCUT2D eigenvalue weighted by atomic mass is 16.5. The summed E-state index contributed by atoms with van der Waals surface area (Å²) in [5.41, 5.74) is 1.70. The van der Waals surface area contributed by atoms with Crippen molar-refractivity contribution in [3.63, 3.8) is 0 Å². The van der Waals surface area contributed by atoms with Crippen LogP contribution in [0.15, 0.2) is 54.6 Å². The van der Waals surface area contributed by atoms with Crippen molar-refractivity contribution in [1.82, 2.24) is 0 Å². The van der Waals surface area contributed by atoms with E-state index in [-0.39, 0.29) is 5.41 Å². The van der Waals surface area contributed by atoms with Crippen LogP contribution in [-0.4, -0.2) is 11.7 Å². The molecule has 0 fully saturated rings. The van der Waals surface area contributed by atoms with Gasteiger partial charge < -0.3 is 9.84 Å². The lowest BCUT2D eigenvalue weighted by molar-refractivity contribution is 0.100. The fourth-order valence-electron chi connectivity index (χ4n) is 2.41. The van der Waals surface area contributed by atoms with Gasteiger partial charge in [0.05, 0.1) is 12.7 Å². The summed E-state index contributed by atoms with van der Waals surface area (Å²) in [5, 5.41) is 10.7. The zero-order chi connectivity index (χ0) is 15.3. The van der Waals surface area contributed by atoms with E-state index < -0.39 is 6.10 Å². The molecule has 0 aliphatic rings. The lowest BCUT2D eigenvalue weighted by Gasteiger charge is -2.31. The zero-order valence-electron chi connectivity index (χ0n) is 13.0. The molecule has 2 rings (SSSR count). The summed E-state index contributed by atoms with van der Waals surface area (Å²) >= 11 is 0. The molecule has 0 aliphatic heterocycles. The SMILES string of the molecule is CCCOc1ccc(C(O)C(C)(C)c2ccccc2)cc1. The normalized spacial score (nSPS) is 13.0. The maximum Gasteiger partial charge on any atom is 0.119 e. The molecule has 0 radical (unpaired) electrons. The van der Waals surface area contributed by atoms with Crippen LogP contribution in [0.1, 0.15) is 44.4 Å². The first-order valence-electron chi connectivity index (χ1n) is 7.52. The van der Waals surface area contributed by atoms with Crippen molar-refractivity contribution in [3.8, 4) is 5.75 Å². The van der Waals surface area contributed by atoms with E-state index in [1.165, 1.54) is 0 Å². The van der Waals surface area contributed by atoms with Crippen LogP contribution in [0.2, 0.25) is 0 Å². The number of hydrogen-bond donors (Lipinski definition) is 1. The van der Waals surface area contributed by atoms with Gasteiger partial charge in [-0.3, -0.25) is 0 Å². The average molecular weight is 284 g/mol. The number of rotatable bonds is 6. The molecule has 0 aromatic heterocycles. The predicted octanol–water partition coefficient (Wildman–Crippen LogP) is 4.49. The van der Waals surface area contributed by atoms with E-state index >= 15 is 0 Å². The maximum atomic E-state index is 10.7. The van der Waals surface area contributed by atoms with Gasteiger partial charge in [0.1, 0.15) is 5.75 Å². The molecule has 0 heterocycles. The van der Waals surface area contributed by atoms with Gasteiger partial charge >= 0.3 is 0 Å². The van der Waals surface area contributed by atoms with E-state index in [1.807, 2.05) is 42.5 Å². The summed E-state index contributed by atoms with van der Waals surface area (Å²) in [7, 11) is 0. The third-order valence-corrected chi connectivity index (χ3v) is 3.87. The molecular formula is C19H24O2. The van der Waals surface area contributed by atoms with Gasteiger partial charge in [-0.25, -0.2) is 0 Å². The van der Waals surface area contributed by atoms with Crippen molar-refractivity contribution in [2.45, 2.75) is 38.7 Å². The van der Waals surface area contributed by atoms with Crippen molar-refractivity contribution in [3.05, 3.63) is 65.7 Å². The van der Waals surface area contributed by atoms with Crippen molar-refractivity contribution in [2.75, 3.05) is 6.61 Å². The molecule has 21 heavy (non-hydrogen) atoms. The van der Waals surface area contributed by atoms with Gasteiger partial charge in [0.15, 0.2) is 0 Å². The first kappa shape index (κ1) is 15.6. The van der Waals surface area contributed by atoms with Crippen LogP contribution < -0.4 is 4.74 Å². The van der Waals surface area contributed by atoms with E-state index in [2.05, 4.69) is 32.9 Å². The number of benzene rings is 2. The Labute approximate surface area is 127 Å². The lowest BCUT2D eigenvalue weighted by Crippen LogP contribution is -2.26. The molecule has 112 valence electrons. The van der Waals surface area contributed by atoms with Crippen molar-refractivity contribution >= 4 is 0 Å². The quantitative estimate of drug-likeness (QED) is 0.847. The summed E-state index contributed by atoms with van der Waals surface area (Å²) in [6.07, 6.45) is 0.436. The number of aliphatic hydroxyl groups is 1. The van der Waals surface area contributed by atoms with Gasteiger partial charge in [0.25, 0.3) is 0 Å². The Balaban J connectivity index is 2.17. The molecule has 0 bridgehead atoms. The Morgan fingerprint density at radius 2 is 1.62 bits per heavy atom. The van der Waals surface area contributed by atoms with Crippen LogP contribution in [0.25, 0.3) is 0 Å². The molecule has 2 nitrogen and oxygen atoms in total. The molecule has 0 saturated heterocycles. The van der Waals surface area contributed by atoms with Crippen molar-refractivity contribution in [2.24, 2.45) is 0 Å². The highest BCUT2D eigenvalue weighted by Gasteiger charge is 2.30. The number of hydrogen-bond acceptors (Lipinski definition) is 2.